The summed E-state index contributed by atoms with van der Waals surface area (Å²) in [5, 5.41) is 16.7. The van der Waals surface area contributed by atoms with Crippen LogP contribution in [0.3, 0.4) is 0 Å². The van der Waals surface area contributed by atoms with E-state index >= 15 is 0 Å². The van der Waals surface area contributed by atoms with E-state index in [0.717, 1.165) is 33.8 Å². The molecule has 0 N–H and O–H groups in total. The first-order chi connectivity index (χ1) is 14.9. The molecule has 0 spiro atoms. The van der Waals surface area contributed by atoms with Crippen LogP contribution >= 0.6 is 0 Å². The van der Waals surface area contributed by atoms with E-state index in [1.165, 1.54) is 0 Å². The van der Waals surface area contributed by atoms with Gasteiger partial charge in [0.05, 0.1) is 23.3 Å². The zero-order chi connectivity index (χ0) is 20.2. The summed E-state index contributed by atoms with van der Waals surface area (Å²) in [4.78, 5) is 0. The maximum atomic E-state index is 4.91. The van der Waals surface area contributed by atoms with Crippen molar-refractivity contribution in [2.75, 3.05) is 0 Å². The van der Waals surface area contributed by atoms with Crippen LogP contribution in [-0.4, -0.2) is 30.9 Å². The molecular weight excluding hydrogens is 372 g/mol. The van der Waals surface area contributed by atoms with Crippen LogP contribution in [0.5, 0.6) is 0 Å². The molecule has 0 aliphatic carbocycles. The topological polar surface area (TPSA) is 60.9 Å². The predicted octanol–water partition coefficient (Wildman–Crippen LogP) is 4.68. The number of aromatic nitrogens is 5. The molecule has 3 aromatic carbocycles. The van der Waals surface area contributed by atoms with Crippen molar-refractivity contribution in [1.29, 1.82) is 0 Å². The summed E-state index contributed by atoms with van der Waals surface area (Å²) >= 11 is 0. The molecule has 6 nitrogen and oxygen atoms in total. The summed E-state index contributed by atoms with van der Waals surface area (Å²) in [6, 6.07) is 30.8. The smallest absolute Gasteiger partial charge is 0.141 e. The van der Waals surface area contributed by atoms with Crippen molar-refractivity contribution in [1.82, 2.24) is 24.7 Å². The van der Waals surface area contributed by atoms with Gasteiger partial charge in [0.15, 0.2) is 0 Å². The molecule has 144 valence electrons. The molecule has 30 heavy (non-hydrogen) atoms. The maximum Gasteiger partial charge on any atom is 0.141 e. The van der Waals surface area contributed by atoms with Crippen molar-refractivity contribution in [3.63, 3.8) is 0 Å². The van der Waals surface area contributed by atoms with Gasteiger partial charge in [0.2, 0.25) is 0 Å². The Morgan fingerprint density at radius 3 is 2.00 bits per heavy atom. The van der Waals surface area contributed by atoms with Crippen molar-refractivity contribution in [2.45, 2.75) is 0 Å². The molecule has 6 heteroatoms. The van der Waals surface area contributed by atoms with Crippen LogP contribution in [0.4, 0.5) is 0 Å². The third-order valence-corrected chi connectivity index (χ3v) is 4.73. The third-order valence-electron chi connectivity index (χ3n) is 4.73. The van der Waals surface area contributed by atoms with Gasteiger partial charge < -0.3 is 0 Å². The Labute approximate surface area is 173 Å². The Hall–Kier alpha value is -4.32. The Balaban J connectivity index is 1.53. The molecule has 5 aromatic rings. The summed E-state index contributed by atoms with van der Waals surface area (Å²) < 4.78 is 3.54. The van der Waals surface area contributed by atoms with E-state index in [1.807, 2.05) is 65.3 Å². The lowest BCUT2D eigenvalue weighted by molar-refractivity contribution is 0.878. The van der Waals surface area contributed by atoms with Crippen molar-refractivity contribution < 1.29 is 0 Å². The number of nitrogens with zero attached hydrogens (tertiary/aromatic N) is 6. The zero-order valence-corrected chi connectivity index (χ0v) is 16.1. The van der Waals surface area contributed by atoms with Crippen molar-refractivity contribution >= 4 is 6.21 Å². The first kappa shape index (κ1) is 17.8. The molecule has 0 radical (unpaired) electrons. The third kappa shape index (κ3) is 3.66. The number of benzene rings is 3. The molecule has 0 saturated carbocycles. The molecule has 5 rings (SSSR count). The lowest BCUT2D eigenvalue weighted by atomic mass is 10.1. The fourth-order valence-electron chi connectivity index (χ4n) is 3.23. The lowest BCUT2D eigenvalue weighted by Gasteiger charge is -2.08. The molecule has 0 fully saturated rings. The molecule has 0 saturated heterocycles. The highest BCUT2D eigenvalue weighted by Gasteiger charge is 2.12. The largest absolute Gasteiger partial charge is 0.232 e. The van der Waals surface area contributed by atoms with Gasteiger partial charge >= 0.3 is 0 Å². The minimum atomic E-state index is 0.938. The van der Waals surface area contributed by atoms with Gasteiger partial charge in [0.25, 0.3) is 0 Å². The molecule has 0 amide bonds. The minimum absolute atomic E-state index is 0.938. The Bertz CT molecular complexity index is 1250. The summed E-state index contributed by atoms with van der Waals surface area (Å²) in [6.07, 6.45) is 4.86. The van der Waals surface area contributed by atoms with Crippen molar-refractivity contribution in [3.8, 4) is 28.2 Å². The molecule has 0 atom stereocenters. The highest BCUT2D eigenvalue weighted by molar-refractivity contribution is 5.80. The minimum Gasteiger partial charge on any atom is -0.232 e. The van der Waals surface area contributed by atoms with Gasteiger partial charge in [-0.15, -0.1) is 10.2 Å². The fraction of sp³-hybridized carbons (Fsp3) is 0. The average molecular weight is 390 g/mol. The first-order valence-electron chi connectivity index (χ1n) is 9.57. The van der Waals surface area contributed by atoms with Crippen LogP contribution in [0.15, 0.2) is 109 Å². The highest BCUT2D eigenvalue weighted by Crippen LogP contribution is 2.28. The van der Waals surface area contributed by atoms with E-state index in [0.29, 0.717) is 0 Å². The van der Waals surface area contributed by atoms with E-state index in [9.17, 15) is 0 Å². The van der Waals surface area contributed by atoms with Crippen molar-refractivity contribution in [3.05, 3.63) is 109 Å². The molecule has 0 aliphatic rings. The van der Waals surface area contributed by atoms with Gasteiger partial charge in [0.1, 0.15) is 12.7 Å². The SMILES string of the molecule is C(=N\n1cnnc1)/c1ccc(-n2nc(-c3ccccc3)cc2-c2ccccc2)cc1. The van der Waals surface area contributed by atoms with Crippen LogP contribution in [0.2, 0.25) is 0 Å². The standard InChI is InChI=1S/C24H18N6/c1-3-7-20(8-4-1)23-15-24(21-9-5-2-6-10-21)30(28-23)22-13-11-19(12-14-22)16-27-29-17-25-26-18-29/h1-18H/b27-16+. The second-order valence-corrected chi connectivity index (χ2v) is 6.74. The van der Waals surface area contributed by atoms with Gasteiger partial charge in [-0.3, -0.25) is 0 Å². The van der Waals surface area contributed by atoms with Crippen molar-refractivity contribution in [2.24, 2.45) is 5.10 Å². The maximum absolute atomic E-state index is 4.91. The van der Waals surface area contributed by atoms with E-state index in [-0.39, 0.29) is 0 Å². The molecule has 0 bridgehead atoms. The number of hydrogen-bond acceptors (Lipinski definition) is 4. The molecule has 2 heterocycles. The van der Waals surface area contributed by atoms with E-state index in [2.05, 4.69) is 45.6 Å². The monoisotopic (exact) mass is 390 g/mol. The number of rotatable bonds is 5. The Morgan fingerprint density at radius 2 is 1.33 bits per heavy atom. The van der Waals surface area contributed by atoms with Gasteiger partial charge in [-0.1, -0.05) is 72.8 Å². The second kappa shape index (κ2) is 7.97. The molecule has 0 aliphatic heterocycles. The molecular formula is C24H18N6. The molecule has 2 aromatic heterocycles. The second-order valence-electron chi connectivity index (χ2n) is 6.74. The van der Waals surface area contributed by atoms with Crippen LogP contribution < -0.4 is 0 Å². The summed E-state index contributed by atoms with van der Waals surface area (Å²) in [7, 11) is 0. The van der Waals surface area contributed by atoms with Crippen LogP contribution in [0, 0.1) is 0 Å². The van der Waals surface area contributed by atoms with E-state index in [1.54, 1.807) is 23.5 Å². The van der Waals surface area contributed by atoms with E-state index in [4.69, 9.17) is 5.10 Å². The summed E-state index contributed by atoms with van der Waals surface area (Å²) in [5.74, 6) is 0. The Morgan fingerprint density at radius 1 is 0.700 bits per heavy atom. The fourth-order valence-corrected chi connectivity index (χ4v) is 3.23. The normalized spacial score (nSPS) is 11.2. The Kier molecular flexibility index (Phi) is 4.72. The lowest BCUT2D eigenvalue weighted by Crippen LogP contribution is -1.99. The van der Waals surface area contributed by atoms with Gasteiger partial charge in [-0.2, -0.15) is 10.2 Å². The molecule has 0 unspecified atom stereocenters. The van der Waals surface area contributed by atoms with Gasteiger partial charge in [0, 0.05) is 11.1 Å². The highest BCUT2D eigenvalue weighted by atomic mass is 15.4. The summed E-state index contributed by atoms with van der Waals surface area (Å²) in [6.45, 7) is 0. The summed E-state index contributed by atoms with van der Waals surface area (Å²) in [5.41, 5.74) is 6.14. The van der Waals surface area contributed by atoms with Gasteiger partial charge in [-0.05, 0) is 23.8 Å². The van der Waals surface area contributed by atoms with Crippen LogP contribution in [0.25, 0.3) is 28.2 Å². The van der Waals surface area contributed by atoms with Gasteiger partial charge in [-0.25, -0.2) is 9.36 Å². The number of hydrogen-bond donors (Lipinski definition) is 0. The first-order valence-corrected chi connectivity index (χ1v) is 9.57. The zero-order valence-electron chi connectivity index (χ0n) is 16.1. The quantitative estimate of drug-likeness (QED) is 0.409. The van der Waals surface area contributed by atoms with E-state index < -0.39 is 0 Å². The predicted molar refractivity (Wildman–Crippen MR) is 117 cm³/mol. The average Bonchev–Trinajstić information content (AvgIpc) is 3.50. The van der Waals surface area contributed by atoms with Crippen LogP contribution in [0.1, 0.15) is 5.56 Å². The van der Waals surface area contributed by atoms with Crippen LogP contribution in [-0.2, 0) is 0 Å².